The van der Waals surface area contributed by atoms with Crippen molar-refractivity contribution in [3.8, 4) is 0 Å². The highest BCUT2D eigenvalue weighted by Crippen LogP contribution is 2.06. The molecule has 9 heteroatoms. The topological polar surface area (TPSA) is 129 Å². The third kappa shape index (κ3) is 9.58. The number of carbonyl (C=O) groups excluding carboxylic acids is 3. The molecule has 0 aliphatic rings. The molecule has 0 aliphatic heterocycles. The molecule has 0 unspecified atom stereocenters. The molecule has 0 aromatic carbocycles. The fraction of sp³-hybridized carbons (Fsp3) is 0.471. The van der Waals surface area contributed by atoms with E-state index in [1.54, 1.807) is 13.8 Å². The van der Waals surface area contributed by atoms with Gasteiger partial charge in [0, 0.05) is 18.2 Å². The molecular formula is C17H24FN3O5. The van der Waals surface area contributed by atoms with E-state index in [0.717, 1.165) is 12.4 Å². The average molecular weight is 369 g/mol. The zero-order valence-electron chi connectivity index (χ0n) is 15.0. The molecule has 3 N–H and O–H groups in total. The largest absolute Gasteiger partial charge is 0.461 e. The van der Waals surface area contributed by atoms with Crippen molar-refractivity contribution in [2.75, 3.05) is 0 Å². The third-order valence-corrected chi connectivity index (χ3v) is 2.89. The van der Waals surface area contributed by atoms with Gasteiger partial charge >= 0.3 is 5.97 Å². The Morgan fingerprint density at radius 3 is 2.50 bits per heavy atom. The van der Waals surface area contributed by atoms with E-state index in [-0.39, 0.29) is 18.4 Å². The Bertz CT molecular complexity index is 610. The maximum Gasteiger partial charge on any atom is 0.328 e. The Labute approximate surface area is 151 Å². The second kappa shape index (κ2) is 11.8. The molecule has 8 nitrogen and oxygen atoms in total. The van der Waals surface area contributed by atoms with Gasteiger partial charge in [0.1, 0.15) is 11.9 Å². The van der Waals surface area contributed by atoms with Crippen molar-refractivity contribution >= 4 is 30.1 Å². The summed E-state index contributed by atoms with van der Waals surface area (Å²) < 4.78 is 17.5. The minimum Gasteiger partial charge on any atom is -0.461 e. The van der Waals surface area contributed by atoms with E-state index in [1.807, 2.05) is 0 Å². The van der Waals surface area contributed by atoms with E-state index in [4.69, 9.17) is 10.1 Å². The number of Topliss-reactive ketones (excluding diaryl/α,β-unsaturated/α-hetero) is 1. The highest BCUT2D eigenvalue weighted by atomic mass is 19.1. The van der Waals surface area contributed by atoms with Crippen LogP contribution in [0.2, 0.25) is 0 Å². The van der Waals surface area contributed by atoms with Gasteiger partial charge in [-0.15, -0.1) is 0 Å². The number of rotatable bonds is 11. The molecule has 0 spiro atoms. The molecule has 2 atom stereocenters. The number of amides is 1. The molecule has 0 fully saturated rings. The lowest BCUT2D eigenvalue weighted by Gasteiger charge is -2.20. The Hall–Kier alpha value is -2.68. The van der Waals surface area contributed by atoms with Crippen LogP contribution in [0.25, 0.3) is 0 Å². The average Bonchev–Trinajstić information content (AvgIpc) is 2.55. The van der Waals surface area contributed by atoms with E-state index in [2.05, 4.69) is 16.9 Å². The number of ketones is 1. The Balaban J connectivity index is 5.01. The van der Waals surface area contributed by atoms with Gasteiger partial charge in [-0.2, -0.15) is 0 Å². The lowest BCUT2D eigenvalue weighted by Crippen LogP contribution is -2.47. The van der Waals surface area contributed by atoms with E-state index < -0.39 is 41.7 Å². The monoisotopic (exact) mass is 369 g/mol. The second-order valence-electron chi connectivity index (χ2n) is 5.67. The number of esters is 1. The highest BCUT2D eigenvalue weighted by Gasteiger charge is 2.27. The molecule has 0 saturated carbocycles. The lowest BCUT2D eigenvalue weighted by atomic mass is 10.1. The van der Waals surface area contributed by atoms with Crippen molar-refractivity contribution in [1.29, 1.82) is 5.41 Å². The number of aliphatic imine (C=N–C) groups is 1. The number of allylic oxidation sites excluding steroid dienone is 1. The van der Waals surface area contributed by atoms with E-state index >= 15 is 0 Å². The predicted octanol–water partition coefficient (Wildman–Crippen LogP) is 1.24. The lowest BCUT2D eigenvalue weighted by molar-refractivity contribution is -0.152. The molecule has 1 amide bonds. The number of nitrogens with zero attached hydrogens (tertiary/aromatic N) is 1. The Morgan fingerprint density at radius 1 is 1.38 bits per heavy atom. The van der Waals surface area contributed by atoms with Gasteiger partial charge in [0.15, 0.2) is 11.9 Å². The van der Waals surface area contributed by atoms with Crippen LogP contribution in [-0.2, 0) is 19.1 Å². The number of nitrogens with one attached hydrogen (secondary N) is 2. The van der Waals surface area contributed by atoms with E-state index in [0.29, 0.717) is 6.21 Å². The molecule has 0 saturated heterocycles. The van der Waals surface area contributed by atoms with Crippen LogP contribution in [0.5, 0.6) is 0 Å². The van der Waals surface area contributed by atoms with Crippen LogP contribution < -0.4 is 5.32 Å². The number of aliphatic hydroxyl groups is 1. The normalized spacial score (nSPS) is 14.0. The van der Waals surface area contributed by atoms with Crippen molar-refractivity contribution in [3.05, 3.63) is 24.2 Å². The van der Waals surface area contributed by atoms with Crippen molar-refractivity contribution in [3.63, 3.8) is 0 Å². The molecule has 0 aromatic heterocycles. The van der Waals surface area contributed by atoms with Crippen LogP contribution in [0, 0.1) is 5.41 Å². The number of halogens is 1. The van der Waals surface area contributed by atoms with E-state index in [9.17, 15) is 23.9 Å². The van der Waals surface area contributed by atoms with Gasteiger partial charge in [-0.1, -0.05) is 6.58 Å². The van der Waals surface area contributed by atoms with Gasteiger partial charge in [-0.25, -0.2) is 9.18 Å². The first-order valence-electron chi connectivity index (χ1n) is 7.85. The first-order valence-corrected chi connectivity index (χ1v) is 7.85. The first kappa shape index (κ1) is 23.3. The summed E-state index contributed by atoms with van der Waals surface area (Å²) in [6, 6.07) is -1.18. The predicted molar refractivity (Wildman–Crippen MR) is 94.7 cm³/mol. The van der Waals surface area contributed by atoms with Crippen LogP contribution >= 0.6 is 0 Å². The quantitative estimate of drug-likeness (QED) is 0.373. The summed E-state index contributed by atoms with van der Waals surface area (Å²) in [5.41, 5.74) is -0.119. The maximum absolute atomic E-state index is 12.5. The number of hydrogen-bond donors (Lipinski definition) is 3. The third-order valence-electron chi connectivity index (χ3n) is 2.89. The second-order valence-corrected chi connectivity index (χ2v) is 5.67. The van der Waals surface area contributed by atoms with Gasteiger partial charge in [0.05, 0.1) is 18.5 Å². The van der Waals surface area contributed by atoms with Crippen LogP contribution in [0.3, 0.4) is 0 Å². The summed E-state index contributed by atoms with van der Waals surface area (Å²) in [4.78, 5) is 38.9. The summed E-state index contributed by atoms with van der Waals surface area (Å²) in [6.45, 7) is 7.86. The molecular weight excluding hydrogens is 345 g/mol. The summed E-state index contributed by atoms with van der Waals surface area (Å²) in [7, 11) is 0. The number of carbonyl (C=O) groups is 3. The SMILES string of the molecule is C=C(/C=N\C=C(/C)F)[C@@H](O)C(=O)N[C@@H](CCC(=O)C=N)C(=O)OC(C)C. The fourth-order valence-electron chi connectivity index (χ4n) is 1.65. The van der Waals surface area contributed by atoms with Crippen molar-refractivity contribution in [2.24, 2.45) is 4.99 Å². The molecule has 0 aromatic rings. The summed E-state index contributed by atoms with van der Waals surface area (Å²) in [5.74, 6) is -2.81. The number of ether oxygens (including phenoxy) is 1. The Kier molecular flexibility index (Phi) is 10.6. The van der Waals surface area contributed by atoms with Gasteiger partial charge in [-0.05, 0) is 27.2 Å². The highest BCUT2D eigenvalue weighted by molar-refractivity contribution is 6.26. The molecule has 26 heavy (non-hydrogen) atoms. The molecule has 0 rings (SSSR count). The van der Waals surface area contributed by atoms with Gasteiger partial charge in [0.2, 0.25) is 0 Å². The first-order chi connectivity index (χ1) is 12.1. The zero-order valence-corrected chi connectivity index (χ0v) is 15.0. The Morgan fingerprint density at radius 2 is 2.00 bits per heavy atom. The smallest absolute Gasteiger partial charge is 0.328 e. The molecule has 0 radical (unpaired) electrons. The molecule has 0 bridgehead atoms. The van der Waals surface area contributed by atoms with E-state index in [1.165, 1.54) is 6.92 Å². The van der Waals surface area contributed by atoms with Crippen molar-refractivity contribution in [2.45, 2.75) is 51.9 Å². The van der Waals surface area contributed by atoms with Crippen LogP contribution in [0.15, 0.2) is 29.2 Å². The zero-order chi connectivity index (χ0) is 20.3. The summed E-state index contributed by atoms with van der Waals surface area (Å²) in [6.07, 6.45) is 0.0845. The van der Waals surface area contributed by atoms with Gasteiger partial charge in [-0.3, -0.25) is 14.6 Å². The maximum atomic E-state index is 12.5. The van der Waals surface area contributed by atoms with Crippen LogP contribution in [-0.4, -0.2) is 53.4 Å². The minimum atomic E-state index is -1.72. The molecule has 144 valence electrons. The number of hydrogen-bond acceptors (Lipinski definition) is 7. The standard InChI is InChI=1S/C17H24FN3O5/c1-10(2)26-17(25)14(6-5-13(22)7-19)21-16(24)15(23)11(3)8-20-9-12(4)18/h7-10,14-15,19,23H,3,5-6H2,1-2,4H3,(H,21,24)/b12-9+,19-7?,20-8-/t14-,15+/m0/s1. The number of aliphatic hydroxyl groups excluding tert-OH is 1. The van der Waals surface area contributed by atoms with Gasteiger partial charge < -0.3 is 20.6 Å². The summed E-state index contributed by atoms with van der Waals surface area (Å²) >= 11 is 0. The van der Waals surface area contributed by atoms with Gasteiger partial charge in [0.25, 0.3) is 5.91 Å². The molecule has 0 heterocycles. The summed E-state index contributed by atoms with van der Waals surface area (Å²) in [5, 5.41) is 19.1. The van der Waals surface area contributed by atoms with Crippen molar-refractivity contribution < 1.29 is 28.6 Å². The van der Waals surface area contributed by atoms with Crippen molar-refractivity contribution in [1.82, 2.24) is 5.32 Å². The van der Waals surface area contributed by atoms with Crippen LogP contribution in [0.4, 0.5) is 4.39 Å². The minimum absolute atomic E-state index is 0.0947. The fourth-order valence-corrected chi connectivity index (χ4v) is 1.65. The van der Waals surface area contributed by atoms with Crippen LogP contribution in [0.1, 0.15) is 33.6 Å². The molecule has 0 aliphatic carbocycles.